The molecule has 0 radical (unpaired) electrons. The van der Waals surface area contributed by atoms with Crippen molar-refractivity contribution in [3.63, 3.8) is 0 Å². The number of hydrogen-bond acceptors (Lipinski definition) is 2. The average Bonchev–Trinajstić information content (AvgIpc) is 2.01. The van der Waals surface area contributed by atoms with Crippen LogP contribution in [0.5, 0.6) is 0 Å². The van der Waals surface area contributed by atoms with Crippen molar-refractivity contribution in [2.75, 3.05) is 7.05 Å². The molecule has 2 heteroatoms. The van der Waals surface area contributed by atoms with Crippen molar-refractivity contribution in [2.24, 2.45) is 16.6 Å². The summed E-state index contributed by atoms with van der Waals surface area (Å²) in [4.78, 5) is 4.12. The summed E-state index contributed by atoms with van der Waals surface area (Å²) in [5.41, 5.74) is 6.90. The van der Waals surface area contributed by atoms with Gasteiger partial charge in [-0.05, 0) is 19.8 Å². The molecule has 0 aromatic heterocycles. The van der Waals surface area contributed by atoms with E-state index < -0.39 is 0 Å². The van der Waals surface area contributed by atoms with Gasteiger partial charge in [0.05, 0.1) is 5.54 Å². The Morgan fingerprint density at radius 2 is 2.09 bits per heavy atom. The van der Waals surface area contributed by atoms with E-state index in [9.17, 15) is 0 Å². The maximum absolute atomic E-state index is 6.09. The smallest absolute Gasteiger partial charge is 0.0533 e. The number of nitrogens with zero attached hydrogens (tertiary/aromatic N) is 1. The summed E-state index contributed by atoms with van der Waals surface area (Å²) in [7, 11) is 1.79. The molecule has 0 aliphatic heterocycles. The second-order valence-corrected chi connectivity index (χ2v) is 3.40. The van der Waals surface area contributed by atoms with Gasteiger partial charge in [0.15, 0.2) is 0 Å². The molecule has 2 N–H and O–H groups in total. The highest BCUT2D eigenvalue weighted by molar-refractivity contribution is 5.91. The summed E-state index contributed by atoms with van der Waals surface area (Å²) in [6.45, 7) is 8.35. The van der Waals surface area contributed by atoms with Crippen molar-refractivity contribution in [2.45, 2.75) is 39.7 Å². The minimum Gasteiger partial charge on any atom is -0.320 e. The molecule has 0 aromatic carbocycles. The summed E-state index contributed by atoms with van der Waals surface area (Å²) < 4.78 is 0. The molecule has 66 valence electrons. The van der Waals surface area contributed by atoms with Gasteiger partial charge in [-0.25, -0.2) is 0 Å². The number of hydrogen-bond donors (Lipinski definition) is 1. The normalized spacial score (nSPS) is 21.1. The highest BCUT2D eigenvalue weighted by Crippen LogP contribution is 2.18. The zero-order valence-electron chi connectivity index (χ0n) is 8.31. The second kappa shape index (κ2) is 3.86. The maximum Gasteiger partial charge on any atom is 0.0533 e. The van der Waals surface area contributed by atoms with Gasteiger partial charge in [0.25, 0.3) is 0 Å². The van der Waals surface area contributed by atoms with Crippen molar-refractivity contribution in [1.29, 1.82) is 0 Å². The zero-order valence-corrected chi connectivity index (χ0v) is 8.31. The second-order valence-electron chi connectivity index (χ2n) is 3.40. The van der Waals surface area contributed by atoms with Crippen LogP contribution >= 0.6 is 0 Å². The first-order chi connectivity index (χ1) is 4.96. The third-order valence-electron chi connectivity index (χ3n) is 2.75. The minimum absolute atomic E-state index is 0.233. The summed E-state index contributed by atoms with van der Waals surface area (Å²) in [5.74, 6) is 0.492. The summed E-state index contributed by atoms with van der Waals surface area (Å²) >= 11 is 0. The van der Waals surface area contributed by atoms with Crippen molar-refractivity contribution in [1.82, 2.24) is 0 Å². The third-order valence-corrected chi connectivity index (χ3v) is 2.75. The topological polar surface area (TPSA) is 38.4 Å². The Balaban J connectivity index is 4.44. The molecule has 2 nitrogen and oxygen atoms in total. The number of nitrogens with two attached hydrogens (primary N) is 1. The van der Waals surface area contributed by atoms with Crippen LogP contribution in [-0.2, 0) is 0 Å². The van der Waals surface area contributed by atoms with Gasteiger partial charge < -0.3 is 5.73 Å². The molecule has 0 saturated heterocycles. The molecule has 0 aliphatic carbocycles. The van der Waals surface area contributed by atoms with Crippen LogP contribution in [0.3, 0.4) is 0 Å². The Kier molecular flexibility index (Phi) is 3.73. The summed E-state index contributed by atoms with van der Waals surface area (Å²) in [5, 5.41) is 0. The first-order valence-corrected chi connectivity index (χ1v) is 4.19. The van der Waals surface area contributed by atoms with Crippen molar-refractivity contribution in [3.05, 3.63) is 0 Å². The molecule has 0 heterocycles. The van der Waals surface area contributed by atoms with E-state index in [-0.39, 0.29) is 5.54 Å². The highest BCUT2D eigenvalue weighted by atomic mass is 14.8. The lowest BCUT2D eigenvalue weighted by atomic mass is 9.82. The standard InChI is InChI=1S/C9H20N2/c1-6-7(2)9(4,10)8(3)11-5/h7H,6,10H2,1-5H3. The molecule has 2 unspecified atom stereocenters. The van der Waals surface area contributed by atoms with E-state index in [0.717, 1.165) is 12.1 Å². The molecule has 0 rings (SSSR count). The van der Waals surface area contributed by atoms with Crippen LogP contribution in [0.15, 0.2) is 4.99 Å². The fourth-order valence-corrected chi connectivity index (χ4v) is 1.02. The molecule has 0 saturated carbocycles. The molecule has 0 spiro atoms. The van der Waals surface area contributed by atoms with Gasteiger partial charge in [0.2, 0.25) is 0 Å². The molecule has 0 aromatic rings. The molecule has 2 atom stereocenters. The first-order valence-electron chi connectivity index (χ1n) is 4.19. The predicted octanol–water partition coefficient (Wildman–Crippen LogP) is 1.84. The van der Waals surface area contributed by atoms with Gasteiger partial charge in [-0.1, -0.05) is 20.3 Å². The largest absolute Gasteiger partial charge is 0.320 e. The Hall–Kier alpha value is -0.370. The van der Waals surface area contributed by atoms with Gasteiger partial charge in [0, 0.05) is 12.8 Å². The molecule has 11 heavy (non-hydrogen) atoms. The third kappa shape index (κ3) is 2.29. The molecule has 0 aliphatic rings. The fourth-order valence-electron chi connectivity index (χ4n) is 1.02. The van der Waals surface area contributed by atoms with E-state index in [1.807, 2.05) is 13.8 Å². The molecular weight excluding hydrogens is 136 g/mol. The van der Waals surface area contributed by atoms with Crippen LogP contribution in [0.2, 0.25) is 0 Å². The van der Waals surface area contributed by atoms with Crippen LogP contribution in [0.1, 0.15) is 34.1 Å². The monoisotopic (exact) mass is 156 g/mol. The fraction of sp³-hybridized carbons (Fsp3) is 0.889. The van der Waals surface area contributed by atoms with Crippen molar-refractivity contribution in [3.8, 4) is 0 Å². The van der Waals surface area contributed by atoms with Gasteiger partial charge in [0.1, 0.15) is 0 Å². The molecule has 0 amide bonds. The van der Waals surface area contributed by atoms with Crippen LogP contribution < -0.4 is 5.73 Å². The summed E-state index contributed by atoms with van der Waals surface area (Å²) in [6.07, 6.45) is 1.10. The van der Waals surface area contributed by atoms with E-state index >= 15 is 0 Å². The summed E-state index contributed by atoms with van der Waals surface area (Å²) in [6, 6.07) is 0. The van der Waals surface area contributed by atoms with E-state index in [0.29, 0.717) is 5.92 Å². The minimum atomic E-state index is -0.233. The van der Waals surface area contributed by atoms with E-state index in [1.54, 1.807) is 7.05 Å². The van der Waals surface area contributed by atoms with Gasteiger partial charge in [-0.2, -0.15) is 0 Å². The van der Waals surface area contributed by atoms with E-state index in [4.69, 9.17) is 5.73 Å². The molecular formula is C9H20N2. The van der Waals surface area contributed by atoms with Crippen LogP contribution in [0, 0.1) is 5.92 Å². The van der Waals surface area contributed by atoms with Crippen LogP contribution in [0.25, 0.3) is 0 Å². The Bertz CT molecular complexity index is 148. The lowest BCUT2D eigenvalue weighted by Gasteiger charge is -2.30. The quantitative estimate of drug-likeness (QED) is 0.622. The number of aliphatic imine (C=N–C) groups is 1. The Labute approximate surface area is 69.9 Å². The van der Waals surface area contributed by atoms with Gasteiger partial charge >= 0.3 is 0 Å². The Morgan fingerprint density at radius 1 is 1.64 bits per heavy atom. The van der Waals surface area contributed by atoms with Crippen LogP contribution in [-0.4, -0.2) is 18.3 Å². The van der Waals surface area contributed by atoms with Crippen molar-refractivity contribution >= 4 is 5.71 Å². The van der Waals surface area contributed by atoms with Crippen LogP contribution in [0.4, 0.5) is 0 Å². The number of rotatable bonds is 3. The van der Waals surface area contributed by atoms with Gasteiger partial charge in [-0.3, -0.25) is 4.99 Å². The molecule has 0 fully saturated rings. The van der Waals surface area contributed by atoms with Crippen molar-refractivity contribution < 1.29 is 0 Å². The lowest BCUT2D eigenvalue weighted by molar-refractivity contribution is 0.400. The maximum atomic E-state index is 6.09. The van der Waals surface area contributed by atoms with Gasteiger partial charge in [-0.15, -0.1) is 0 Å². The zero-order chi connectivity index (χ0) is 9.07. The Morgan fingerprint density at radius 3 is 2.36 bits per heavy atom. The SMILES string of the molecule is CCC(C)C(C)(N)C(C)=NC. The molecule has 0 bridgehead atoms. The first kappa shape index (κ1) is 10.6. The van der Waals surface area contributed by atoms with E-state index in [2.05, 4.69) is 18.8 Å². The highest BCUT2D eigenvalue weighted by Gasteiger charge is 2.27. The average molecular weight is 156 g/mol. The lowest BCUT2D eigenvalue weighted by Crippen LogP contribution is -2.49. The van der Waals surface area contributed by atoms with E-state index in [1.165, 1.54) is 0 Å². The predicted molar refractivity (Wildman–Crippen MR) is 51.1 cm³/mol.